The second-order valence-corrected chi connectivity index (χ2v) is 4.61. The maximum Gasteiger partial charge on any atom is 0.0621 e. The molecule has 1 nitrogen and oxygen atoms in total. The molecule has 2 aromatic carbocycles. The van der Waals surface area contributed by atoms with E-state index in [2.05, 4.69) is 0 Å². The molecule has 0 bridgehead atoms. The predicted molar refractivity (Wildman–Crippen MR) is 77.1 cm³/mol. The van der Waals surface area contributed by atoms with E-state index in [0.717, 1.165) is 16.7 Å². The maximum atomic E-state index is 9.15. The highest BCUT2D eigenvalue weighted by Gasteiger charge is 2.06. The molecule has 0 atom stereocenters. The highest BCUT2D eigenvalue weighted by molar-refractivity contribution is 6.42. The summed E-state index contributed by atoms with van der Waals surface area (Å²) in [6, 6.07) is 15.3. The van der Waals surface area contributed by atoms with Crippen molar-refractivity contribution < 1.29 is 5.11 Å². The largest absolute Gasteiger partial charge is 0.392 e. The van der Waals surface area contributed by atoms with Gasteiger partial charge in [0.15, 0.2) is 0 Å². The first-order chi connectivity index (χ1) is 8.72. The molecule has 0 aliphatic carbocycles. The van der Waals surface area contributed by atoms with Crippen LogP contribution < -0.4 is 0 Å². The quantitative estimate of drug-likeness (QED) is 0.881. The lowest BCUT2D eigenvalue weighted by Gasteiger charge is -2.09. The van der Waals surface area contributed by atoms with Crippen LogP contribution in [0, 0.1) is 0 Å². The van der Waals surface area contributed by atoms with Crippen LogP contribution in [0.1, 0.15) is 11.1 Å². The van der Waals surface area contributed by atoms with Crippen LogP contribution >= 0.6 is 23.2 Å². The Hall–Kier alpha value is -1.28. The average molecular weight is 279 g/mol. The van der Waals surface area contributed by atoms with Crippen molar-refractivity contribution in [2.75, 3.05) is 6.61 Å². The number of aliphatic hydroxyl groups is 1. The van der Waals surface area contributed by atoms with Gasteiger partial charge in [0.05, 0.1) is 16.7 Å². The third-order valence-corrected chi connectivity index (χ3v) is 3.35. The molecule has 2 rings (SSSR count). The molecule has 0 fully saturated rings. The van der Waals surface area contributed by atoms with Crippen LogP contribution in [0.3, 0.4) is 0 Å². The number of rotatable bonds is 3. The Morgan fingerprint density at radius 3 is 2.28 bits per heavy atom. The molecule has 0 unspecified atom stereocenters. The van der Waals surface area contributed by atoms with Crippen LogP contribution in [0.15, 0.2) is 54.6 Å². The van der Waals surface area contributed by atoms with Crippen LogP contribution in [0.4, 0.5) is 0 Å². The minimum atomic E-state index is -0.0233. The topological polar surface area (TPSA) is 20.2 Å². The van der Waals surface area contributed by atoms with Gasteiger partial charge < -0.3 is 5.11 Å². The third kappa shape index (κ3) is 2.94. The minimum absolute atomic E-state index is 0.0233. The van der Waals surface area contributed by atoms with Crippen molar-refractivity contribution in [1.29, 1.82) is 0 Å². The summed E-state index contributed by atoms with van der Waals surface area (Å²) in [5.74, 6) is 0. The fourth-order valence-corrected chi connectivity index (χ4v) is 2.07. The summed E-state index contributed by atoms with van der Waals surface area (Å²) in [5.41, 5.74) is 2.91. The molecule has 0 heterocycles. The zero-order valence-corrected chi connectivity index (χ0v) is 11.1. The Balaban J connectivity index is 2.49. The van der Waals surface area contributed by atoms with Gasteiger partial charge in [-0.2, -0.15) is 0 Å². The lowest BCUT2D eigenvalue weighted by molar-refractivity contribution is 0.343. The van der Waals surface area contributed by atoms with Crippen molar-refractivity contribution in [3.63, 3.8) is 0 Å². The minimum Gasteiger partial charge on any atom is -0.392 e. The van der Waals surface area contributed by atoms with E-state index in [4.69, 9.17) is 28.3 Å². The summed E-state index contributed by atoms with van der Waals surface area (Å²) in [6.07, 6.45) is 1.76. The second kappa shape index (κ2) is 6.05. The Bertz CT molecular complexity index is 562. The molecule has 18 heavy (non-hydrogen) atoms. The Kier molecular flexibility index (Phi) is 4.43. The van der Waals surface area contributed by atoms with Crippen molar-refractivity contribution in [3.05, 3.63) is 75.8 Å². The zero-order chi connectivity index (χ0) is 13.0. The highest BCUT2D eigenvalue weighted by Crippen LogP contribution is 2.29. The highest BCUT2D eigenvalue weighted by atomic mass is 35.5. The smallest absolute Gasteiger partial charge is 0.0621 e. The Morgan fingerprint density at radius 1 is 0.944 bits per heavy atom. The number of aliphatic hydroxyl groups excluding tert-OH is 1. The van der Waals surface area contributed by atoms with Crippen LogP contribution in [0.5, 0.6) is 0 Å². The van der Waals surface area contributed by atoms with Gasteiger partial charge in [-0.15, -0.1) is 0 Å². The zero-order valence-electron chi connectivity index (χ0n) is 9.61. The molecular formula is C15H12Cl2O. The normalized spacial score (nSPS) is 11.6. The van der Waals surface area contributed by atoms with E-state index < -0.39 is 0 Å². The van der Waals surface area contributed by atoms with E-state index in [1.807, 2.05) is 36.4 Å². The first-order valence-electron chi connectivity index (χ1n) is 5.54. The molecule has 0 saturated heterocycles. The maximum absolute atomic E-state index is 9.15. The summed E-state index contributed by atoms with van der Waals surface area (Å²) in [7, 11) is 0. The van der Waals surface area contributed by atoms with E-state index in [1.54, 1.807) is 18.2 Å². The summed E-state index contributed by atoms with van der Waals surface area (Å²) in [5, 5.41) is 10.2. The number of hydrogen-bond acceptors (Lipinski definition) is 1. The molecule has 0 amide bonds. The van der Waals surface area contributed by atoms with E-state index in [-0.39, 0.29) is 6.61 Å². The monoisotopic (exact) mass is 278 g/mol. The summed E-state index contributed by atoms with van der Waals surface area (Å²) in [6.45, 7) is -0.0233. The van der Waals surface area contributed by atoms with Crippen molar-refractivity contribution in [3.8, 4) is 0 Å². The molecular weight excluding hydrogens is 267 g/mol. The Morgan fingerprint density at radius 2 is 1.67 bits per heavy atom. The third-order valence-electron chi connectivity index (χ3n) is 2.61. The molecule has 1 N–H and O–H groups in total. The molecule has 0 saturated carbocycles. The van der Waals surface area contributed by atoms with Crippen LogP contribution in [-0.4, -0.2) is 11.7 Å². The molecule has 0 aliphatic rings. The summed E-state index contributed by atoms with van der Waals surface area (Å²) < 4.78 is 0. The standard InChI is InChI=1S/C15H12Cl2O/c16-14-7-6-12(10-15(14)17)13(8-9-18)11-4-2-1-3-5-11/h1-8,10,18H,9H2/b13-8+. The van der Waals surface area contributed by atoms with Gasteiger partial charge in [-0.1, -0.05) is 65.7 Å². The molecule has 0 radical (unpaired) electrons. The lowest BCUT2D eigenvalue weighted by atomic mass is 9.98. The second-order valence-electron chi connectivity index (χ2n) is 3.80. The van der Waals surface area contributed by atoms with Gasteiger partial charge in [0.2, 0.25) is 0 Å². The average Bonchev–Trinajstić information content (AvgIpc) is 2.40. The number of halogens is 2. The van der Waals surface area contributed by atoms with E-state index in [9.17, 15) is 0 Å². The lowest BCUT2D eigenvalue weighted by Crippen LogP contribution is -1.90. The van der Waals surface area contributed by atoms with Gasteiger partial charge in [-0.3, -0.25) is 0 Å². The molecule has 92 valence electrons. The number of benzene rings is 2. The summed E-state index contributed by atoms with van der Waals surface area (Å²) in [4.78, 5) is 0. The summed E-state index contributed by atoms with van der Waals surface area (Å²) >= 11 is 11.9. The molecule has 3 heteroatoms. The molecule has 0 aliphatic heterocycles. The fourth-order valence-electron chi connectivity index (χ4n) is 1.78. The molecule has 2 aromatic rings. The van der Waals surface area contributed by atoms with Crippen molar-refractivity contribution in [2.45, 2.75) is 0 Å². The van der Waals surface area contributed by atoms with Crippen LogP contribution in [0.25, 0.3) is 5.57 Å². The van der Waals surface area contributed by atoms with Crippen LogP contribution in [-0.2, 0) is 0 Å². The first kappa shape index (κ1) is 13.2. The first-order valence-corrected chi connectivity index (χ1v) is 6.30. The van der Waals surface area contributed by atoms with Crippen molar-refractivity contribution in [1.82, 2.24) is 0 Å². The SMILES string of the molecule is OC/C=C(\c1ccccc1)c1ccc(Cl)c(Cl)c1. The predicted octanol–water partition coefficient (Wildman–Crippen LogP) is 4.42. The molecule has 0 aromatic heterocycles. The van der Waals surface area contributed by atoms with Crippen molar-refractivity contribution >= 4 is 28.8 Å². The number of hydrogen-bond donors (Lipinski definition) is 1. The van der Waals surface area contributed by atoms with Gasteiger partial charge >= 0.3 is 0 Å². The van der Waals surface area contributed by atoms with E-state index in [1.165, 1.54) is 0 Å². The van der Waals surface area contributed by atoms with Crippen molar-refractivity contribution in [2.24, 2.45) is 0 Å². The van der Waals surface area contributed by atoms with Gasteiger partial charge in [0.25, 0.3) is 0 Å². The van der Waals surface area contributed by atoms with Gasteiger partial charge in [-0.05, 0) is 28.8 Å². The van der Waals surface area contributed by atoms with E-state index >= 15 is 0 Å². The van der Waals surface area contributed by atoms with Crippen LogP contribution in [0.2, 0.25) is 10.0 Å². The van der Waals surface area contributed by atoms with Gasteiger partial charge in [0, 0.05) is 0 Å². The van der Waals surface area contributed by atoms with E-state index in [0.29, 0.717) is 10.0 Å². The Labute approximate surface area is 116 Å². The van der Waals surface area contributed by atoms with Gasteiger partial charge in [0.1, 0.15) is 0 Å². The molecule has 0 spiro atoms. The fraction of sp³-hybridized carbons (Fsp3) is 0.0667. The van der Waals surface area contributed by atoms with Gasteiger partial charge in [-0.25, -0.2) is 0 Å².